The summed E-state index contributed by atoms with van der Waals surface area (Å²) in [5.74, 6) is 0.759. The third kappa shape index (κ3) is 1.30. The lowest BCUT2D eigenvalue weighted by molar-refractivity contribution is 0.312. The van der Waals surface area contributed by atoms with E-state index in [9.17, 15) is 0 Å². The molecule has 1 aromatic carbocycles. The first kappa shape index (κ1) is 10.2. The Morgan fingerprint density at radius 1 is 1.35 bits per heavy atom. The average Bonchev–Trinajstić information content (AvgIpc) is 2.81. The summed E-state index contributed by atoms with van der Waals surface area (Å²) in [6.45, 7) is 3.68. The van der Waals surface area contributed by atoms with Crippen molar-refractivity contribution >= 4 is 26.8 Å². The van der Waals surface area contributed by atoms with Crippen molar-refractivity contribution in [2.45, 2.75) is 18.9 Å². The lowest BCUT2D eigenvalue weighted by atomic mass is 9.97. The fourth-order valence-corrected chi connectivity index (χ4v) is 3.97. The standard InChI is InChI=1S/C14H15BrN2/c1-16-13-6-10(15)2-3-11(13)12-8-17-5-4-9(7-17)14(12)16/h2-3,6,9H,4-5,7-8H2,1H3. The molecule has 2 aliphatic heterocycles. The normalized spacial score (nSPS) is 26.5. The van der Waals surface area contributed by atoms with Crippen LogP contribution in [-0.4, -0.2) is 22.6 Å². The predicted molar refractivity (Wildman–Crippen MR) is 73.3 cm³/mol. The van der Waals surface area contributed by atoms with Crippen LogP contribution < -0.4 is 0 Å². The van der Waals surface area contributed by atoms with Gasteiger partial charge in [0.2, 0.25) is 0 Å². The van der Waals surface area contributed by atoms with Crippen LogP contribution in [0.4, 0.5) is 0 Å². The Balaban J connectivity index is 2.07. The van der Waals surface area contributed by atoms with Gasteiger partial charge in [0.25, 0.3) is 0 Å². The smallest absolute Gasteiger partial charge is 0.0494 e. The number of hydrogen-bond acceptors (Lipinski definition) is 1. The van der Waals surface area contributed by atoms with E-state index >= 15 is 0 Å². The number of rotatable bonds is 0. The van der Waals surface area contributed by atoms with E-state index in [1.165, 1.54) is 34.9 Å². The Labute approximate surface area is 109 Å². The van der Waals surface area contributed by atoms with Crippen LogP contribution in [0.2, 0.25) is 0 Å². The van der Waals surface area contributed by atoms with Crippen molar-refractivity contribution in [1.29, 1.82) is 0 Å². The molecule has 3 heterocycles. The summed E-state index contributed by atoms with van der Waals surface area (Å²) < 4.78 is 3.59. The summed E-state index contributed by atoms with van der Waals surface area (Å²) in [5.41, 5.74) is 4.54. The molecular weight excluding hydrogens is 276 g/mol. The van der Waals surface area contributed by atoms with Crippen molar-refractivity contribution in [3.8, 4) is 0 Å². The van der Waals surface area contributed by atoms with E-state index in [2.05, 4.69) is 50.6 Å². The molecule has 0 spiro atoms. The summed E-state index contributed by atoms with van der Waals surface area (Å²) >= 11 is 3.58. The molecule has 2 unspecified atom stereocenters. The van der Waals surface area contributed by atoms with Gasteiger partial charge >= 0.3 is 0 Å². The predicted octanol–water partition coefficient (Wildman–Crippen LogP) is 3.24. The number of benzene rings is 1. The first-order chi connectivity index (χ1) is 8.24. The molecule has 2 nitrogen and oxygen atoms in total. The maximum absolute atomic E-state index is 3.58. The lowest BCUT2D eigenvalue weighted by Gasteiger charge is -2.23. The minimum Gasteiger partial charge on any atom is -0.347 e. The van der Waals surface area contributed by atoms with Crippen molar-refractivity contribution in [2.24, 2.45) is 7.05 Å². The second-order valence-electron chi connectivity index (χ2n) is 5.30. The summed E-state index contributed by atoms with van der Waals surface area (Å²) in [4.78, 5) is 2.59. The van der Waals surface area contributed by atoms with Gasteiger partial charge in [0, 0.05) is 47.1 Å². The number of aryl methyl sites for hydroxylation is 1. The fraction of sp³-hybridized carbons (Fsp3) is 0.429. The molecule has 0 saturated carbocycles. The third-order valence-electron chi connectivity index (χ3n) is 4.36. The van der Waals surface area contributed by atoms with Gasteiger partial charge in [-0.3, -0.25) is 4.90 Å². The van der Waals surface area contributed by atoms with Gasteiger partial charge in [-0.2, -0.15) is 0 Å². The van der Waals surface area contributed by atoms with Gasteiger partial charge in [-0.1, -0.05) is 22.0 Å². The highest BCUT2D eigenvalue weighted by Gasteiger charge is 2.34. The van der Waals surface area contributed by atoms with Crippen LogP contribution in [0.25, 0.3) is 10.9 Å². The molecule has 2 aliphatic rings. The highest BCUT2D eigenvalue weighted by Crippen LogP contribution is 2.41. The van der Waals surface area contributed by atoms with Gasteiger partial charge < -0.3 is 4.57 Å². The van der Waals surface area contributed by atoms with Gasteiger partial charge in [-0.05, 0) is 30.7 Å². The zero-order chi connectivity index (χ0) is 11.6. The molecule has 17 heavy (non-hydrogen) atoms. The molecule has 0 N–H and O–H groups in total. The van der Waals surface area contributed by atoms with E-state index in [1.807, 2.05) is 0 Å². The summed E-state index contributed by atoms with van der Waals surface area (Å²) in [6, 6.07) is 6.68. The number of hydrogen-bond donors (Lipinski definition) is 0. The number of aromatic nitrogens is 1. The van der Waals surface area contributed by atoms with E-state index < -0.39 is 0 Å². The van der Waals surface area contributed by atoms with Crippen LogP contribution in [0.15, 0.2) is 22.7 Å². The SMILES string of the molecule is Cn1c2c(c3ccc(Br)cc31)CN1CCC2C1. The quantitative estimate of drug-likeness (QED) is 0.723. The highest BCUT2D eigenvalue weighted by atomic mass is 79.9. The maximum atomic E-state index is 3.58. The summed E-state index contributed by atoms with van der Waals surface area (Å²) in [6.07, 6.45) is 1.33. The molecule has 0 radical (unpaired) electrons. The monoisotopic (exact) mass is 290 g/mol. The first-order valence-corrected chi connectivity index (χ1v) is 7.02. The van der Waals surface area contributed by atoms with Crippen LogP contribution in [0.1, 0.15) is 23.6 Å². The minimum absolute atomic E-state index is 0.759. The van der Waals surface area contributed by atoms with E-state index in [0.717, 1.165) is 12.5 Å². The Hall–Kier alpha value is -0.800. The van der Waals surface area contributed by atoms with Crippen molar-refractivity contribution < 1.29 is 0 Å². The van der Waals surface area contributed by atoms with Crippen molar-refractivity contribution in [3.63, 3.8) is 0 Å². The van der Waals surface area contributed by atoms with E-state index in [1.54, 1.807) is 11.3 Å². The Morgan fingerprint density at radius 3 is 3.12 bits per heavy atom. The van der Waals surface area contributed by atoms with Crippen LogP contribution in [-0.2, 0) is 13.6 Å². The van der Waals surface area contributed by atoms with Crippen LogP contribution in [0, 0.1) is 0 Å². The lowest BCUT2D eigenvalue weighted by Crippen LogP contribution is -2.25. The molecule has 0 aliphatic carbocycles. The van der Waals surface area contributed by atoms with Gasteiger partial charge in [-0.15, -0.1) is 0 Å². The number of halogens is 1. The Morgan fingerprint density at radius 2 is 2.24 bits per heavy atom. The zero-order valence-corrected chi connectivity index (χ0v) is 11.5. The molecule has 2 bridgehead atoms. The second-order valence-corrected chi connectivity index (χ2v) is 6.22. The molecule has 1 saturated heterocycles. The van der Waals surface area contributed by atoms with Crippen molar-refractivity contribution in [2.75, 3.05) is 13.1 Å². The van der Waals surface area contributed by atoms with Gasteiger partial charge in [-0.25, -0.2) is 0 Å². The third-order valence-corrected chi connectivity index (χ3v) is 4.85. The van der Waals surface area contributed by atoms with E-state index in [0.29, 0.717) is 0 Å². The highest BCUT2D eigenvalue weighted by molar-refractivity contribution is 9.10. The molecule has 2 aromatic rings. The summed E-state index contributed by atoms with van der Waals surface area (Å²) in [5, 5.41) is 1.45. The maximum Gasteiger partial charge on any atom is 0.0494 e. The van der Waals surface area contributed by atoms with Gasteiger partial charge in [0.05, 0.1) is 0 Å². The van der Waals surface area contributed by atoms with Crippen LogP contribution in [0.5, 0.6) is 0 Å². The molecule has 0 amide bonds. The van der Waals surface area contributed by atoms with Crippen molar-refractivity contribution in [3.05, 3.63) is 33.9 Å². The first-order valence-electron chi connectivity index (χ1n) is 6.23. The number of fused-ring (bicyclic) bond motifs is 6. The molecule has 4 rings (SSSR count). The molecule has 3 heteroatoms. The number of nitrogens with zero attached hydrogens (tertiary/aromatic N) is 2. The fourth-order valence-electron chi connectivity index (χ4n) is 3.62. The molecule has 2 atom stereocenters. The topological polar surface area (TPSA) is 8.17 Å². The Bertz CT molecular complexity index is 614. The van der Waals surface area contributed by atoms with E-state index in [4.69, 9.17) is 0 Å². The molecule has 88 valence electrons. The van der Waals surface area contributed by atoms with Crippen LogP contribution in [0.3, 0.4) is 0 Å². The van der Waals surface area contributed by atoms with Crippen LogP contribution >= 0.6 is 15.9 Å². The summed E-state index contributed by atoms with van der Waals surface area (Å²) in [7, 11) is 2.22. The molecule has 1 fully saturated rings. The van der Waals surface area contributed by atoms with Crippen molar-refractivity contribution in [1.82, 2.24) is 9.47 Å². The Kier molecular flexibility index (Phi) is 2.01. The average molecular weight is 291 g/mol. The molecule has 1 aromatic heterocycles. The zero-order valence-electron chi connectivity index (χ0n) is 9.91. The molecular formula is C14H15BrN2. The van der Waals surface area contributed by atoms with E-state index in [-0.39, 0.29) is 0 Å². The largest absolute Gasteiger partial charge is 0.347 e. The minimum atomic E-state index is 0.759. The second kappa shape index (κ2) is 3.36. The van der Waals surface area contributed by atoms with Gasteiger partial charge in [0.15, 0.2) is 0 Å². The van der Waals surface area contributed by atoms with Gasteiger partial charge in [0.1, 0.15) is 0 Å².